The van der Waals surface area contributed by atoms with Gasteiger partial charge in [-0.1, -0.05) is 18.2 Å². The molecule has 0 radical (unpaired) electrons. The molecule has 0 fully saturated rings. The van der Waals surface area contributed by atoms with Crippen LogP contribution in [0.2, 0.25) is 0 Å². The number of methoxy groups -OCH3 is 1. The van der Waals surface area contributed by atoms with Gasteiger partial charge in [0.25, 0.3) is 5.91 Å². The third-order valence-corrected chi connectivity index (χ3v) is 5.75. The minimum atomic E-state index is -1.12. The predicted molar refractivity (Wildman–Crippen MR) is 121 cm³/mol. The number of anilines is 2. The number of nitrogens with zero attached hydrogens (tertiary/aromatic N) is 3. The molecule has 0 bridgehead atoms. The zero-order valence-corrected chi connectivity index (χ0v) is 17.9. The quantitative estimate of drug-likeness (QED) is 0.579. The van der Waals surface area contributed by atoms with Crippen LogP contribution in [-0.4, -0.2) is 41.5 Å². The summed E-state index contributed by atoms with van der Waals surface area (Å²) < 4.78 is 5.39. The van der Waals surface area contributed by atoms with Crippen LogP contribution in [0.25, 0.3) is 6.08 Å². The number of ether oxygens (including phenoxy) is 1. The molecule has 2 aromatic carbocycles. The minimum Gasteiger partial charge on any atom is -0.496 e. The summed E-state index contributed by atoms with van der Waals surface area (Å²) in [6, 6.07) is 11.7. The van der Waals surface area contributed by atoms with Crippen LogP contribution >= 0.6 is 11.3 Å². The summed E-state index contributed by atoms with van der Waals surface area (Å²) in [5.74, 6) is -1.21. The van der Waals surface area contributed by atoms with Crippen molar-refractivity contribution in [3.8, 4) is 5.75 Å². The van der Waals surface area contributed by atoms with Gasteiger partial charge >= 0.3 is 5.97 Å². The molecule has 9 heteroatoms. The van der Waals surface area contributed by atoms with E-state index in [0.29, 0.717) is 22.1 Å². The molecule has 1 N–H and O–H groups in total. The molecule has 0 atom stereocenters. The summed E-state index contributed by atoms with van der Waals surface area (Å²) in [6.45, 7) is 0.00547. The first-order valence-corrected chi connectivity index (χ1v) is 10.5. The van der Waals surface area contributed by atoms with Crippen molar-refractivity contribution in [3.63, 3.8) is 0 Å². The molecular formula is C23H19N3O5S. The van der Waals surface area contributed by atoms with Crippen molar-refractivity contribution in [1.82, 2.24) is 4.98 Å². The maximum atomic E-state index is 13.1. The molecule has 0 saturated heterocycles. The SMILES string of the molecule is COc1ccccc1CN1C(=O)CN(C(=O)/C=C/c2nccs2)c2cc(C(=O)O)ccc21. The van der Waals surface area contributed by atoms with Gasteiger partial charge in [-0.3, -0.25) is 14.5 Å². The number of para-hydroxylation sites is 1. The van der Waals surface area contributed by atoms with Crippen molar-refractivity contribution in [2.75, 3.05) is 23.5 Å². The standard InChI is InChI=1S/C23H19N3O5S/c1-31-19-5-3-2-4-16(19)13-25-17-7-6-15(23(29)30)12-18(17)26(14-22(25)28)21(27)9-8-20-24-10-11-32-20/h2-12H,13-14H2,1H3,(H,29,30)/b9-8+. The molecule has 0 saturated carbocycles. The van der Waals surface area contributed by atoms with Gasteiger partial charge in [-0.15, -0.1) is 11.3 Å². The number of carbonyl (C=O) groups is 3. The molecule has 0 unspecified atom stereocenters. The van der Waals surface area contributed by atoms with Gasteiger partial charge in [0.05, 0.1) is 30.6 Å². The second kappa shape index (κ2) is 9.03. The Morgan fingerprint density at radius 1 is 1.22 bits per heavy atom. The maximum absolute atomic E-state index is 13.1. The fourth-order valence-corrected chi connectivity index (χ4v) is 3.99. The van der Waals surface area contributed by atoms with Crippen LogP contribution in [0.1, 0.15) is 20.9 Å². The number of rotatable bonds is 6. The highest BCUT2D eigenvalue weighted by Crippen LogP contribution is 2.36. The van der Waals surface area contributed by atoms with E-state index in [0.717, 1.165) is 5.56 Å². The summed E-state index contributed by atoms with van der Waals surface area (Å²) in [4.78, 5) is 44.5. The number of carboxylic acid groups (broad SMARTS) is 1. The van der Waals surface area contributed by atoms with Crippen molar-refractivity contribution in [3.05, 3.63) is 76.3 Å². The second-order valence-corrected chi connectivity index (χ2v) is 7.85. The summed E-state index contributed by atoms with van der Waals surface area (Å²) in [5.41, 5.74) is 1.62. The van der Waals surface area contributed by atoms with E-state index < -0.39 is 11.9 Å². The molecule has 1 aliphatic heterocycles. The Balaban J connectivity index is 1.72. The van der Waals surface area contributed by atoms with Crippen LogP contribution in [0.4, 0.5) is 11.4 Å². The smallest absolute Gasteiger partial charge is 0.335 e. The number of carbonyl (C=O) groups excluding carboxylic acids is 2. The molecule has 4 rings (SSSR count). The van der Waals surface area contributed by atoms with E-state index in [-0.39, 0.29) is 24.6 Å². The van der Waals surface area contributed by atoms with E-state index in [1.165, 1.54) is 39.3 Å². The van der Waals surface area contributed by atoms with E-state index in [1.807, 2.05) is 18.2 Å². The number of thiazole rings is 1. The van der Waals surface area contributed by atoms with E-state index >= 15 is 0 Å². The minimum absolute atomic E-state index is 0.0250. The Labute approximate surface area is 188 Å². The highest BCUT2D eigenvalue weighted by atomic mass is 32.1. The van der Waals surface area contributed by atoms with Gasteiger partial charge < -0.3 is 14.7 Å². The molecule has 1 aromatic heterocycles. The summed E-state index contributed by atoms with van der Waals surface area (Å²) in [7, 11) is 1.55. The van der Waals surface area contributed by atoms with E-state index in [1.54, 1.807) is 36.9 Å². The third kappa shape index (κ3) is 4.23. The van der Waals surface area contributed by atoms with Crippen molar-refractivity contribution in [2.45, 2.75) is 6.54 Å². The summed E-state index contributed by atoms with van der Waals surface area (Å²) in [5, 5.41) is 11.9. The van der Waals surface area contributed by atoms with Crippen LogP contribution < -0.4 is 14.5 Å². The second-order valence-electron chi connectivity index (χ2n) is 6.93. The Kier molecular flexibility index (Phi) is 6.00. The number of carboxylic acids is 1. The van der Waals surface area contributed by atoms with Crippen LogP contribution in [0.3, 0.4) is 0 Å². The fraction of sp³-hybridized carbons (Fsp3) is 0.130. The van der Waals surface area contributed by atoms with Crippen molar-refractivity contribution < 1.29 is 24.2 Å². The van der Waals surface area contributed by atoms with Crippen LogP contribution in [0.15, 0.2) is 60.1 Å². The molecule has 162 valence electrons. The largest absolute Gasteiger partial charge is 0.496 e. The van der Waals surface area contributed by atoms with Crippen LogP contribution in [0.5, 0.6) is 5.75 Å². The maximum Gasteiger partial charge on any atom is 0.335 e. The predicted octanol–water partition coefficient (Wildman–Crippen LogP) is 3.44. The number of hydrogen-bond acceptors (Lipinski definition) is 6. The van der Waals surface area contributed by atoms with E-state index in [4.69, 9.17) is 4.74 Å². The van der Waals surface area contributed by atoms with Crippen LogP contribution in [0, 0.1) is 0 Å². The number of aromatic carboxylic acids is 1. The molecule has 3 aromatic rings. The lowest BCUT2D eigenvalue weighted by Crippen LogP contribution is -2.47. The zero-order valence-electron chi connectivity index (χ0n) is 17.1. The molecule has 0 aliphatic carbocycles. The number of amides is 2. The Hall–Kier alpha value is -3.98. The van der Waals surface area contributed by atoms with Crippen LogP contribution in [-0.2, 0) is 16.1 Å². The van der Waals surface area contributed by atoms with Gasteiger partial charge in [0.1, 0.15) is 17.3 Å². The first-order chi connectivity index (χ1) is 15.5. The monoisotopic (exact) mass is 449 g/mol. The topological polar surface area (TPSA) is 100 Å². The van der Waals surface area contributed by atoms with E-state index in [9.17, 15) is 19.5 Å². The summed E-state index contributed by atoms with van der Waals surface area (Å²) in [6.07, 6.45) is 4.53. The first kappa shape index (κ1) is 21.3. The van der Waals surface area contributed by atoms with Gasteiger partial charge in [0.15, 0.2) is 0 Å². The number of hydrogen-bond donors (Lipinski definition) is 1. The van der Waals surface area contributed by atoms with Crippen molar-refractivity contribution in [2.24, 2.45) is 0 Å². The Morgan fingerprint density at radius 3 is 2.75 bits per heavy atom. The van der Waals surface area contributed by atoms with Gasteiger partial charge in [-0.2, -0.15) is 0 Å². The molecule has 8 nitrogen and oxygen atoms in total. The highest BCUT2D eigenvalue weighted by Gasteiger charge is 2.33. The Morgan fingerprint density at radius 2 is 2.03 bits per heavy atom. The number of fused-ring (bicyclic) bond motifs is 1. The zero-order chi connectivity index (χ0) is 22.7. The lowest BCUT2D eigenvalue weighted by molar-refractivity contribution is -0.120. The van der Waals surface area contributed by atoms with Crippen molar-refractivity contribution >= 4 is 46.6 Å². The van der Waals surface area contributed by atoms with Gasteiger partial charge in [0.2, 0.25) is 5.91 Å². The summed E-state index contributed by atoms with van der Waals surface area (Å²) >= 11 is 1.38. The number of aromatic nitrogens is 1. The molecule has 0 spiro atoms. The van der Waals surface area contributed by atoms with E-state index in [2.05, 4.69) is 4.98 Å². The highest BCUT2D eigenvalue weighted by molar-refractivity contribution is 7.10. The fourth-order valence-electron chi connectivity index (χ4n) is 3.46. The molecule has 1 aliphatic rings. The first-order valence-electron chi connectivity index (χ1n) is 9.66. The van der Waals surface area contributed by atoms with Gasteiger partial charge in [-0.25, -0.2) is 9.78 Å². The lowest BCUT2D eigenvalue weighted by Gasteiger charge is -2.36. The Bertz CT molecular complexity index is 1210. The van der Waals surface area contributed by atoms with Gasteiger partial charge in [-0.05, 0) is 30.3 Å². The molecule has 2 heterocycles. The average Bonchev–Trinajstić information content (AvgIpc) is 3.32. The lowest BCUT2D eigenvalue weighted by atomic mass is 10.1. The number of benzene rings is 2. The normalized spacial score (nSPS) is 13.3. The molecule has 32 heavy (non-hydrogen) atoms. The molecule has 2 amide bonds. The van der Waals surface area contributed by atoms with Crippen molar-refractivity contribution in [1.29, 1.82) is 0 Å². The third-order valence-electron chi connectivity index (χ3n) is 5.01. The van der Waals surface area contributed by atoms with Gasteiger partial charge in [0, 0.05) is 23.2 Å². The molecular weight excluding hydrogens is 430 g/mol. The average molecular weight is 449 g/mol.